The number of rotatable bonds is 4. The number of amides is 1. The van der Waals surface area contributed by atoms with Gasteiger partial charge in [-0.25, -0.2) is 4.98 Å². The number of hydrogen-bond donors (Lipinski definition) is 1. The standard InChI is InChI=1S/C28H24N4O2S/c1-18-8-2-7-13-25(18)32-27(34)20-10-4-6-12-23(20)30-28(32)35-17-26(33)31-15-14-24-21(16-31)19-9-3-5-11-22(19)29-24/h2-13,29H,14-17H2,1H3. The highest BCUT2D eigenvalue weighted by molar-refractivity contribution is 7.99. The number of thioether (sulfide) groups is 1. The van der Waals surface area contributed by atoms with Gasteiger partial charge in [-0.2, -0.15) is 0 Å². The Morgan fingerprint density at radius 3 is 2.60 bits per heavy atom. The number of aromatic nitrogens is 3. The lowest BCUT2D eigenvalue weighted by molar-refractivity contribution is -0.129. The highest BCUT2D eigenvalue weighted by atomic mass is 32.2. The van der Waals surface area contributed by atoms with Gasteiger partial charge < -0.3 is 9.88 Å². The summed E-state index contributed by atoms with van der Waals surface area (Å²) in [5.41, 5.74) is 5.80. The number of nitrogens with zero attached hydrogens (tertiary/aromatic N) is 3. The van der Waals surface area contributed by atoms with Crippen molar-refractivity contribution in [2.24, 2.45) is 0 Å². The van der Waals surface area contributed by atoms with E-state index in [0.29, 0.717) is 29.1 Å². The first-order chi connectivity index (χ1) is 17.1. The predicted octanol–water partition coefficient (Wildman–Crippen LogP) is 4.85. The molecule has 6 nitrogen and oxygen atoms in total. The van der Waals surface area contributed by atoms with Gasteiger partial charge in [0, 0.05) is 41.7 Å². The van der Waals surface area contributed by atoms with Gasteiger partial charge in [0.05, 0.1) is 22.3 Å². The Morgan fingerprint density at radius 2 is 1.74 bits per heavy atom. The molecule has 1 N–H and O–H groups in total. The number of para-hydroxylation sites is 3. The molecule has 0 spiro atoms. The summed E-state index contributed by atoms with van der Waals surface area (Å²) in [5, 5.41) is 2.27. The maximum absolute atomic E-state index is 13.5. The van der Waals surface area contributed by atoms with E-state index in [-0.39, 0.29) is 17.2 Å². The molecule has 0 saturated carbocycles. The summed E-state index contributed by atoms with van der Waals surface area (Å²) in [6, 6.07) is 23.3. The van der Waals surface area contributed by atoms with Crippen LogP contribution in [0.2, 0.25) is 0 Å². The number of nitrogens with one attached hydrogen (secondary N) is 1. The highest BCUT2D eigenvalue weighted by Crippen LogP contribution is 2.29. The minimum atomic E-state index is -0.124. The average molecular weight is 481 g/mol. The van der Waals surface area contributed by atoms with Crippen molar-refractivity contribution in [3.63, 3.8) is 0 Å². The van der Waals surface area contributed by atoms with Crippen LogP contribution in [0.1, 0.15) is 16.8 Å². The molecule has 0 unspecified atom stereocenters. The molecule has 0 bridgehead atoms. The van der Waals surface area contributed by atoms with E-state index in [0.717, 1.165) is 23.2 Å². The monoisotopic (exact) mass is 480 g/mol. The lowest BCUT2D eigenvalue weighted by Gasteiger charge is -2.27. The van der Waals surface area contributed by atoms with Gasteiger partial charge in [0.25, 0.3) is 5.56 Å². The summed E-state index contributed by atoms with van der Waals surface area (Å²) >= 11 is 1.32. The number of aromatic amines is 1. The third-order valence-electron chi connectivity index (χ3n) is 6.66. The summed E-state index contributed by atoms with van der Waals surface area (Å²) < 4.78 is 1.64. The SMILES string of the molecule is Cc1ccccc1-n1c(SCC(=O)N2CCc3[nH]c4ccccc4c3C2)nc2ccccc2c1=O. The molecule has 7 heteroatoms. The van der Waals surface area contributed by atoms with Crippen LogP contribution in [0.5, 0.6) is 0 Å². The molecular weight excluding hydrogens is 456 g/mol. The van der Waals surface area contributed by atoms with Crippen molar-refractivity contribution in [1.82, 2.24) is 19.4 Å². The number of carbonyl (C=O) groups excluding carboxylic acids is 1. The summed E-state index contributed by atoms with van der Waals surface area (Å²) in [4.78, 5) is 37.0. The molecule has 1 aliphatic heterocycles. The number of carbonyl (C=O) groups is 1. The van der Waals surface area contributed by atoms with Crippen LogP contribution in [0, 0.1) is 6.92 Å². The highest BCUT2D eigenvalue weighted by Gasteiger charge is 2.25. The van der Waals surface area contributed by atoms with Crippen molar-refractivity contribution in [3.8, 4) is 5.69 Å². The first-order valence-electron chi connectivity index (χ1n) is 11.7. The van der Waals surface area contributed by atoms with Crippen molar-refractivity contribution in [2.45, 2.75) is 25.0 Å². The molecule has 0 atom stereocenters. The van der Waals surface area contributed by atoms with Gasteiger partial charge in [0.15, 0.2) is 5.16 Å². The van der Waals surface area contributed by atoms with Gasteiger partial charge in [-0.05, 0) is 36.8 Å². The normalized spacial score (nSPS) is 13.3. The van der Waals surface area contributed by atoms with E-state index in [2.05, 4.69) is 17.1 Å². The van der Waals surface area contributed by atoms with E-state index >= 15 is 0 Å². The van der Waals surface area contributed by atoms with Gasteiger partial charge in [-0.3, -0.25) is 14.2 Å². The van der Waals surface area contributed by atoms with E-state index in [1.165, 1.54) is 28.4 Å². The average Bonchev–Trinajstić information content (AvgIpc) is 3.26. The largest absolute Gasteiger partial charge is 0.358 e. The van der Waals surface area contributed by atoms with Crippen molar-refractivity contribution < 1.29 is 4.79 Å². The van der Waals surface area contributed by atoms with Gasteiger partial charge in [0.1, 0.15) is 0 Å². The Labute approximate surface area is 206 Å². The fourth-order valence-corrected chi connectivity index (χ4v) is 5.74. The molecule has 3 heterocycles. The van der Waals surface area contributed by atoms with Crippen LogP contribution in [0.4, 0.5) is 0 Å². The zero-order chi connectivity index (χ0) is 23.9. The molecule has 2 aromatic heterocycles. The maximum Gasteiger partial charge on any atom is 0.266 e. The van der Waals surface area contributed by atoms with Crippen LogP contribution in [-0.2, 0) is 17.8 Å². The van der Waals surface area contributed by atoms with E-state index in [1.54, 1.807) is 10.6 Å². The second kappa shape index (κ2) is 8.74. The summed E-state index contributed by atoms with van der Waals surface area (Å²) in [5.74, 6) is 0.263. The molecule has 0 fully saturated rings. The second-order valence-electron chi connectivity index (χ2n) is 8.82. The fraction of sp³-hybridized carbons (Fsp3) is 0.179. The smallest absolute Gasteiger partial charge is 0.266 e. The van der Waals surface area contributed by atoms with E-state index in [9.17, 15) is 9.59 Å². The Kier molecular flexibility index (Phi) is 5.41. The van der Waals surface area contributed by atoms with Crippen LogP contribution < -0.4 is 5.56 Å². The van der Waals surface area contributed by atoms with E-state index in [4.69, 9.17) is 4.98 Å². The number of aryl methyl sites for hydroxylation is 1. The number of H-pyrrole nitrogens is 1. The minimum Gasteiger partial charge on any atom is -0.358 e. The molecule has 0 aliphatic carbocycles. The van der Waals surface area contributed by atoms with Crippen LogP contribution in [0.3, 0.4) is 0 Å². The Hall–Kier alpha value is -3.84. The summed E-state index contributed by atoms with van der Waals surface area (Å²) in [6.45, 7) is 3.24. The molecule has 6 rings (SSSR count). The molecule has 0 saturated heterocycles. The predicted molar refractivity (Wildman–Crippen MR) is 140 cm³/mol. The van der Waals surface area contributed by atoms with Crippen molar-refractivity contribution in [1.29, 1.82) is 0 Å². The lowest BCUT2D eigenvalue weighted by atomic mass is 10.0. The molecule has 35 heavy (non-hydrogen) atoms. The molecule has 1 amide bonds. The Bertz CT molecular complexity index is 1650. The quantitative estimate of drug-likeness (QED) is 0.295. The van der Waals surface area contributed by atoms with Gasteiger partial charge >= 0.3 is 0 Å². The van der Waals surface area contributed by atoms with Crippen molar-refractivity contribution in [3.05, 3.63) is 100.0 Å². The Morgan fingerprint density at radius 1 is 1.00 bits per heavy atom. The number of fused-ring (bicyclic) bond motifs is 4. The number of benzene rings is 3. The summed E-state index contributed by atoms with van der Waals surface area (Å²) in [6.07, 6.45) is 0.808. The van der Waals surface area contributed by atoms with E-state index in [1.807, 2.05) is 66.4 Å². The van der Waals surface area contributed by atoms with Gasteiger partial charge in [-0.15, -0.1) is 0 Å². The second-order valence-corrected chi connectivity index (χ2v) is 9.76. The molecular formula is C28H24N4O2S. The number of hydrogen-bond acceptors (Lipinski definition) is 4. The zero-order valence-electron chi connectivity index (χ0n) is 19.3. The topological polar surface area (TPSA) is 71.0 Å². The van der Waals surface area contributed by atoms with Crippen molar-refractivity contribution in [2.75, 3.05) is 12.3 Å². The molecule has 174 valence electrons. The molecule has 5 aromatic rings. The van der Waals surface area contributed by atoms with Crippen LogP contribution >= 0.6 is 11.8 Å². The lowest BCUT2D eigenvalue weighted by Crippen LogP contribution is -2.37. The van der Waals surface area contributed by atoms with Gasteiger partial charge in [-0.1, -0.05) is 60.3 Å². The van der Waals surface area contributed by atoms with Crippen molar-refractivity contribution >= 4 is 39.5 Å². The molecule has 3 aromatic carbocycles. The van der Waals surface area contributed by atoms with E-state index < -0.39 is 0 Å². The minimum absolute atomic E-state index is 0.0460. The first kappa shape index (κ1) is 21.7. The van der Waals surface area contributed by atoms with Crippen LogP contribution in [0.15, 0.2) is 82.7 Å². The molecule has 0 radical (unpaired) electrons. The van der Waals surface area contributed by atoms with Crippen LogP contribution in [-0.4, -0.2) is 37.6 Å². The fourth-order valence-electron chi connectivity index (χ4n) is 4.83. The first-order valence-corrected chi connectivity index (χ1v) is 12.7. The third-order valence-corrected chi connectivity index (χ3v) is 7.58. The third kappa shape index (κ3) is 3.82. The van der Waals surface area contributed by atoms with Crippen LogP contribution in [0.25, 0.3) is 27.5 Å². The zero-order valence-corrected chi connectivity index (χ0v) is 20.1. The maximum atomic E-state index is 13.5. The summed E-state index contributed by atoms with van der Waals surface area (Å²) in [7, 11) is 0. The van der Waals surface area contributed by atoms with Gasteiger partial charge in [0.2, 0.25) is 5.91 Å². The molecule has 1 aliphatic rings. The Balaban J connectivity index is 1.31.